The Bertz CT molecular complexity index is 661. The first-order valence-corrected chi connectivity index (χ1v) is 8.38. The van der Waals surface area contributed by atoms with E-state index in [1.54, 1.807) is 24.3 Å². The van der Waals surface area contributed by atoms with Gasteiger partial charge in [0.1, 0.15) is 5.75 Å². The van der Waals surface area contributed by atoms with Gasteiger partial charge in [-0.05, 0) is 55.3 Å². The Morgan fingerprint density at radius 1 is 1.17 bits per heavy atom. The van der Waals surface area contributed by atoms with Gasteiger partial charge in [-0.1, -0.05) is 27.5 Å². The van der Waals surface area contributed by atoms with E-state index < -0.39 is 5.97 Å². The number of unbranched alkanes of at least 4 members (excludes halogenated alkanes) is 1. The molecule has 0 aliphatic heterocycles. The van der Waals surface area contributed by atoms with Gasteiger partial charge in [0.2, 0.25) is 0 Å². The Morgan fingerprint density at radius 3 is 2.61 bits per heavy atom. The Labute approximate surface area is 148 Å². The highest BCUT2D eigenvalue weighted by atomic mass is 79.9. The second kappa shape index (κ2) is 8.79. The normalized spacial score (nSPS) is 10.3. The van der Waals surface area contributed by atoms with Crippen LogP contribution in [0.2, 0.25) is 5.02 Å². The maximum absolute atomic E-state index is 11.2. The van der Waals surface area contributed by atoms with E-state index in [0.717, 1.165) is 23.1 Å². The van der Waals surface area contributed by atoms with Crippen LogP contribution in [-0.4, -0.2) is 24.2 Å². The monoisotopic (exact) mass is 397 g/mol. The number of carboxylic acids is 1. The number of carbonyl (C=O) groups is 1. The van der Waals surface area contributed by atoms with Gasteiger partial charge in [-0.3, -0.25) is 0 Å². The largest absolute Gasteiger partial charge is 0.494 e. The molecule has 0 aliphatic rings. The molecule has 23 heavy (non-hydrogen) atoms. The lowest BCUT2D eigenvalue weighted by atomic mass is 10.1. The van der Waals surface area contributed by atoms with Crippen molar-refractivity contribution in [1.82, 2.24) is 0 Å². The maximum atomic E-state index is 11.2. The van der Waals surface area contributed by atoms with Crippen molar-refractivity contribution in [2.75, 3.05) is 18.5 Å². The average molecular weight is 399 g/mol. The van der Waals surface area contributed by atoms with Gasteiger partial charge in [0.25, 0.3) is 0 Å². The molecule has 0 unspecified atom stereocenters. The van der Waals surface area contributed by atoms with Gasteiger partial charge in [0.15, 0.2) is 0 Å². The van der Waals surface area contributed by atoms with E-state index in [-0.39, 0.29) is 5.56 Å². The molecular weight excluding hydrogens is 382 g/mol. The predicted octanol–water partition coefficient (Wildman–Crippen LogP) is 5.07. The van der Waals surface area contributed by atoms with Crippen LogP contribution in [0, 0.1) is 0 Å². The quantitative estimate of drug-likeness (QED) is 0.609. The first kappa shape index (κ1) is 17.6. The molecule has 0 atom stereocenters. The number of carboxylic acid groups (broad SMARTS) is 1. The van der Waals surface area contributed by atoms with E-state index in [1.165, 1.54) is 0 Å². The number of rotatable bonds is 8. The van der Waals surface area contributed by atoms with Gasteiger partial charge < -0.3 is 15.2 Å². The molecule has 0 aromatic heterocycles. The lowest BCUT2D eigenvalue weighted by Gasteiger charge is -2.10. The number of nitrogens with one attached hydrogen (secondary N) is 1. The molecule has 0 saturated carbocycles. The van der Waals surface area contributed by atoms with Crippen molar-refractivity contribution in [3.63, 3.8) is 0 Å². The highest BCUT2D eigenvalue weighted by Crippen LogP contribution is 2.21. The number of aromatic carboxylic acids is 1. The summed E-state index contributed by atoms with van der Waals surface area (Å²) in [6.45, 7) is 1.29. The SMILES string of the molecule is O=C(O)c1cc(Br)ccc1NCCCCOc1ccc(Cl)cc1. The summed E-state index contributed by atoms with van der Waals surface area (Å²) < 4.78 is 6.35. The lowest BCUT2D eigenvalue weighted by molar-refractivity contribution is 0.0698. The zero-order valence-corrected chi connectivity index (χ0v) is 14.7. The van der Waals surface area contributed by atoms with Gasteiger partial charge >= 0.3 is 5.97 Å². The van der Waals surface area contributed by atoms with E-state index in [9.17, 15) is 9.90 Å². The van der Waals surface area contributed by atoms with Crippen LogP contribution in [-0.2, 0) is 0 Å². The summed E-state index contributed by atoms with van der Waals surface area (Å²) in [5.74, 6) is -0.150. The third kappa shape index (κ3) is 5.77. The number of hydrogen-bond donors (Lipinski definition) is 2. The van der Waals surface area contributed by atoms with Gasteiger partial charge in [-0.15, -0.1) is 0 Å². The van der Waals surface area contributed by atoms with Gasteiger partial charge in [0, 0.05) is 21.7 Å². The van der Waals surface area contributed by atoms with E-state index >= 15 is 0 Å². The topological polar surface area (TPSA) is 58.6 Å². The maximum Gasteiger partial charge on any atom is 0.337 e. The molecule has 0 aliphatic carbocycles. The second-order valence-corrected chi connectivity index (χ2v) is 6.28. The van der Waals surface area contributed by atoms with Crippen LogP contribution in [0.5, 0.6) is 5.75 Å². The van der Waals surface area contributed by atoms with Crippen LogP contribution in [0.3, 0.4) is 0 Å². The molecule has 2 rings (SSSR count). The van der Waals surface area contributed by atoms with Crippen molar-refractivity contribution in [2.24, 2.45) is 0 Å². The summed E-state index contributed by atoms with van der Waals surface area (Å²) in [6.07, 6.45) is 1.75. The van der Waals surface area contributed by atoms with Crippen LogP contribution in [0.15, 0.2) is 46.9 Å². The molecule has 2 aromatic carbocycles. The molecule has 0 radical (unpaired) electrons. The zero-order valence-electron chi connectivity index (χ0n) is 12.4. The minimum atomic E-state index is -0.945. The summed E-state index contributed by atoms with van der Waals surface area (Å²) >= 11 is 9.09. The van der Waals surface area contributed by atoms with E-state index in [0.29, 0.717) is 23.9 Å². The highest BCUT2D eigenvalue weighted by Gasteiger charge is 2.09. The fourth-order valence-corrected chi connectivity index (χ4v) is 2.51. The standard InChI is InChI=1S/C17H17BrClNO3/c18-12-3-8-16(15(11-12)17(21)22)20-9-1-2-10-23-14-6-4-13(19)5-7-14/h3-8,11,20H,1-2,9-10H2,(H,21,22). The van der Waals surface area contributed by atoms with Crippen molar-refractivity contribution >= 4 is 39.2 Å². The molecule has 0 spiro atoms. The van der Waals surface area contributed by atoms with Crippen molar-refractivity contribution in [3.8, 4) is 5.75 Å². The number of benzene rings is 2. The van der Waals surface area contributed by atoms with Gasteiger partial charge in [0.05, 0.1) is 12.2 Å². The molecule has 0 bridgehead atoms. The number of hydrogen-bond acceptors (Lipinski definition) is 3. The molecule has 0 heterocycles. The number of ether oxygens (including phenoxy) is 1. The number of anilines is 1. The molecule has 2 aromatic rings. The smallest absolute Gasteiger partial charge is 0.337 e. The molecule has 122 valence electrons. The summed E-state index contributed by atoms with van der Waals surface area (Å²) in [7, 11) is 0. The molecule has 6 heteroatoms. The van der Waals surface area contributed by atoms with Crippen molar-refractivity contribution in [3.05, 3.63) is 57.5 Å². The van der Waals surface area contributed by atoms with E-state index in [4.69, 9.17) is 16.3 Å². The first-order valence-electron chi connectivity index (χ1n) is 7.21. The van der Waals surface area contributed by atoms with E-state index in [2.05, 4.69) is 21.2 Å². The van der Waals surface area contributed by atoms with Crippen LogP contribution in [0.25, 0.3) is 0 Å². The summed E-state index contributed by atoms with van der Waals surface area (Å²) in [4.78, 5) is 11.2. The lowest BCUT2D eigenvalue weighted by Crippen LogP contribution is -2.09. The molecule has 4 nitrogen and oxygen atoms in total. The van der Waals surface area contributed by atoms with Crippen LogP contribution >= 0.6 is 27.5 Å². The predicted molar refractivity (Wildman–Crippen MR) is 95.8 cm³/mol. The average Bonchev–Trinajstić information content (AvgIpc) is 2.53. The van der Waals surface area contributed by atoms with Crippen LogP contribution in [0.1, 0.15) is 23.2 Å². The molecule has 2 N–H and O–H groups in total. The number of halogens is 2. The summed E-state index contributed by atoms with van der Waals surface area (Å²) in [5, 5.41) is 13.0. The Hall–Kier alpha value is -1.72. The third-order valence-electron chi connectivity index (χ3n) is 3.18. The Morgan fingerprint density at radius 2 is 1.91 bits per heavy atom. The second-order valence-electron chi connectivity index (χ2n) is 4.93. The Kier molecular flexibility index (Phi) is 6.74. The van der Waals surface area contributed by atoms with Gasteiger partial charge in [-0.25, -0.2) is 4.79 Å². The van der Waals surface area contributed by atoms with Crippen molar-refractivity contribution < 1.29 is 14.6 Å². The van der Waals surface area contributed by atoms with Crippen molar-refractivity contribution in [1.29, 1.82) is 0 Å². The first-order chi connectivity index (χ1) is 11.1. The third-order valence-corrected chi connectivity index (χ3v) is 3.93. The minimum absolute atomic E-state index is 0.261. The molecule has 0 saturated heterocycles. The zero-order chi connectivity index (χ0) is 16.7. The van der Waals surface area contributed by atoms with Crippen LogP contribution in [0.4, 0.5) is 5.69 Å². The highest BCUT2D eigenvalue weighted by molar-refractivity contribution is 9.10. The molecule has 0 amide bonds. The summed E-state index contributed by atoms with van der Waals surface area (Å²) in [5.41, 5.74) is 0.885. The molecular formula is C17H17BrClNO3. The Balaban J connectivity index is 1.71. The van der Waals surface area contributed by atoms with E-state index in [1.807, 2.05) is 18.2 Å². The molecule has 0 fully saturated rings. The fourth-order valence-electron chi connectivity index (χ4n) is 2.02. The summed E-state index contributed by atoms with van der Waals surface area (Å²) in [6, 6.07) is 12.4. The van der Waals surface area contributed by atoms with Crippen LogP contribution < -0.4 is 10.1 Å². The van der Waals surface area contributed by atoms with Crippen molar-refractivity contribution in [2.45, 2.75) is 12.8 Å². The fraction of sp³-hybridized carbons (Fsp3) is 0.235. The minimum Gasteiger partial charge on any atom is -0.494 e. The van der Waals surface area contributed by atoms with Gasteiger partial charge in [-0.2, -0.15) is 0 Å².